The number of Topliss-reactive ketones (excluding diaryl/α,β-unsaturated/α-hetero) is 1. The van der Waals surface area contributed by atoms with Gasteiger partial charge in [-0.25, -0.2) is 0 Å². The predicted molar refractivity (Wildman–Crippen MR) is 97.5 cm³/mol. The van der Waals surface area contributed by atoms with Gasteiger partial charge in [0.05, 0.1) is 15.8 Å². The standard InChI is InChI=1S/C18H15N3O4S/c1-10(22)16-11(2)25-17(12(16)9-19)20-15(23)7-8-21-13-5-3-4-6-14(13)26-18(21)24/h3-6H,7-8H2,1-2H3,(H,20,23). The van der Waals surface area contributed by atoms with Crippen LogP contribution >= 0.6 is 11.3 Å². The van der Waals surface area contributed by atoms with Crippen molar-refractivity contribution < 1.29 is 14.0 Å². The van der Waals surface area contributed by atoms with Crippen molar-refractivity contribution >= 4 is 39.1 Å². The number of rotatable bonds is 5. The maximum atomic E-state index is 12.2. The molecule has 0 unspecified atom stereocenters. The monoisotopic (exact) mass is 369 g/mol. The third-order valence-electron chi connectivity index (χ3n) is 3.94. The minimum atomic E-state index is -0.410. The van der Waals surface area contributed by atoms with Crippen molar-refractivity contribution in [3.8, 4) is 6.07 Å². The molecule has 26 heavy (non-hydrogen) atoms. The average molecular weight is 369 g/mol. The lowest BCUT2D eigenvalue weighted by molar-refractivity contribution is -0.116. The molecule has 0 aliphatic rings. The number of ketones is 1. The summed E-state index contributed by atoms with van der Waals surface area (Å²) in [6.45, 7) is 3.10. The van der Waals surface area contributed by atoms with Crippen molar-refractivity contribution in [3.05, 3.63) is 50.8 Å². The lowest BCUT2D eigenvalue weighted by atomic mass is 10.1. The van der Waals surface area contributed by atoms with E-state index in [1.807, 2.05) is 30.3 Å². The van der Waals surface area contributed by atoms with E-state index in [9.17, 15) is 19.6 Å². The molecule has 0 atom stereocenters. The number of carbonyl (C=O) groups is 2. The number of aryl methyl sites for hydroxylation is 2. The summed E-state index contributed by atoms with van der Waals surface area (Å²) in [5, 5.41) is 11.8. The van der Waals surface area contributed by atoms with Crippen molar-refractivity contribution in [1.82, 2.24) is 4.57 Å². The second-order valence-electron chi connectivity index (χ2n) is 5.69. The highest BCUT2D eigenvalue weighted by atomic mass is 32.1. The van der Waals surface area contributed by atoms with Gasteiger partial charge in [0.15, 0.2) is 5.78 Å². The van der Waals surface area contributed by atoms with Gasteiger partial charge in [0.25, 0.3) is 0 Å². The summed E-state index contributed by atoms with van der Waals surface area (Å²) >= 11 is 1.13. The van der Waals surface area contributed by atoms with E-state index in [1.165, 1.54) is 6.92 Å². The molecule has 0 fully saturated rings. The normalized spacial score (nSPS) is 10.7. The van der Waals surface area contributed by atoms with Gasteiger partial charge >= 0.3 is 4.87 Å². The largest absolute Gasteiger partial charge is 0.443 e. The van der Waals surface area contributed by atoms with E-state index in [0.29, 0.717) is 0 Å². The summed E-state index contributed by atoms with van der Waals surface area (Å²) in [5.74, 6) is -0.473. The number of hydrogen-bond donors (Lipinski definition) is 1. The Morgan fingerprint density at radius 2 is 2.08 bits per heavy atom. The van der Waals surface area contributed by atoms with E-state index in [2.05, 4.69) is 5.32 Å². The van der Waals surface area contributed by atoms with E-state index in [4.69, 9.17) is 4.42 Å². The second-order valence-corrected chi connectivity index (χ2v) is 6.68. The Labute approximate surface area is 152 Å². The number of nitriles is 1. The number of fused-ring (bicyclic) bond motifs is 1. The Balaban J connectivity index is 1.77. The molecule has 0 aliphatic carbocycles. The van der Waals surface area contributed by atoms with E-state index < -0.39 is 5.91 Å². The Morgan fingerprint density at radius 3 is 2.77 bits per heavy atom. The molecule has 0 spiro atoms. The number of amides is 1. The molecule has 132 valence electrons. The number of furan rings is 1. The van der Waals surface area contributed by atoms with Crippen LogP contribution in [0.5, 0.6) is 0 Å². The molecule has 0 aliphatic heterocycles. The zero-order valence-electron chi connectivity index (χ0n) is 14.2. The Kier molecular flexibility index (Phi) is 4.73. The minimum Gasteiger partial charge on any atom is -0.443 e. The fourth-order valence-electron chi connectivity index (χ4n) is 2.79. The predicted octanol–water partition coefficient (Wildman–Crippen LogP) is 3.07. The van der Waals surface area contributed by atoms with Gasteiger partial charge in [-0.15, -0.1) is 0 Å². The summed E-state index contributed by atoms with van der Waals surface area (Å²) in [7, 11) is 0. The van der Waals surface area contributed by atoms with Crippen molar-refractivity contribution in [3.63, 3.8) is 0 Å². The summed E-state index contributed by atoms with van der Waals surface area (Å²) in [4.78, 5) is 35.8. The first-order chi connectivity index (χ1) is 12.4. The molecule has 1 N–H and O–H groups in total. The molecular weight excluding hydrogens is 354 g/mol. The molecule has 0 radical (unpaired) electrons. The lowest BCUT2D eigenvalue weighted by Crippen LogP contribution is -2.19. The molecule has 8 heteroatoms. The highest BCUT2D eigenvalue weighted by molar-refractivity contribution is 7.16. The van der Waals surface area contributed by atoms with Crippen LogP contribution < -0.4 is 10.2 Å². The first-order valence-electron chi connectivity index (χ1n) is 7.85. The summed E-state index contributed by atoms with van der Waals surface area (Å²) < 4.78 is 7.76. The van der Waals surface area contributed by atoms with Crippen LogP contribution in [0.15, 0.2) is 33.5 Å². The Morgan fingerprint density at radius 1 is 1.35 bits per heavy atom. The van der Waals surface area contributed by atoms with Gasteiger partial charge in [0, 0.05) is 13.0 Å². The molecular formula is C18H15N3O4S. The molecule has 1 amide bonds. The Bertz CT molecular complexity index is 1110. The van der Waals surface area contributed by atoms with Crippen LogP contribution in [-0.4, -0.2) is 16.3 Å². The van der Waals surface area contributed by atoms with E-state index in [1.54, 1.807) is 11.5 Å². The number of thiazole rings is 1. The van der Waals surface area contributed by atoms with Crippen LogP contribution in [0.1, 0.15) is 35.0 Å². The second kappa shape index (κ2) is 6.98. The van der Waals surface area contributed by atoms with E-state index >= 15 is 0 Å². The first kappa shape index (κ1) is 17.6. The van der Waals surface area contributed by atoms with Gasteiger partial charge in [-0.05, 0) is 26.0 Å². The fraction of sp³-hybridized carbons (Fsp3) is 0.222. The molecule has 0 bridgehead atoms. The van der Waals surface area contributed by atoms with Gasteiger partial charge in [0.1, 0.15) is 17.4 Å². The third kappa shape index (κ3) is 3.17. The van der Waals surface area contributed by atoms with Crippen molar-refractivity contribution in [1.29, 1.82) is 5.26 Å². The van der Waals surface area contributed by atoms with Gasteiger partial charge in [-0.3, -0.25) is 24.3 Å². The van der Waals surface area contributed by atoms with Crippen molar-refractivity contribution in [2.75, 3.05) is 5.32 Å². The van der Waals surface area contributed by atoms with Crippen LogP contribution in [0, 0.1) is 18.3 Å². The molecule has 0 saturated heterocycles. The molecule has 2 heterocycles. The highest BCUT2D eigenvalue weighted by Gasteiger charge is 2.22. The van der Waals surface area contributed by atoms with Crippen LogP contribution in [0.25, 0.3) is 10.2 Å². The average Bonchev–Trinajstić information content (AvgIpc) is 3.08. The number of carbonyl (C=O) groups excluding carboxylic acids is 2. The molecule has 1 aromatic carbocycles. The first-order valence-corrected chi connectivity index (χ1v) is 8.66. The van der Waals surface area contributed by atoms with Gasteiger partial charge in [-0.2, -0.15) is 5.26 Å². The third-order valence-corrected chi connectivity index (χ3v) is 4.90. The molecule has 3 rings (SSSR count). The van der Waals surface area contributed by atoms with E-state index in [0.717, 1.165) is 21.6 Å². The zero-order chi connectivity index (χ0) is 18.8. The number of aromatic nitrogens is 1. The smallest absolute Gasteiger partial charge is 0.308 e. The maximum Gasteiger partial charge on any atom is 0.308 e. The number of para-hydroxylation sites is 1. The topological polar surface area (TPSA) is 105 Å². The molecule has 7 nitrogen and oxygen atoms in total. The minimum absolute atomic E-state index is 0.0153. The van der Waals surface area contributed by atoms with Crippen LogP contribution in [-0.2, 0) is 11.3 Å². The van der Waals surface area contributed by atoms with Gasteiger partial charge in [-0.1, -0.05) is 23.5 Å². The van der Waals surface area contributed by atoms with Crippen LogP contribution in [0.2, 0.25) is 0 Å². The quantitative estimate of drug-likeness (QED) is 0.696. The summed E-state index contributed by atoms with van der Waals surface area (Å²) in [6, 6.07) is 9.26. The number of anilines is 1. The van der Waals surface area contributed by atoms with Crippen molar-refractivity contribution in [2.45, 2.75) is 26.8 Å². The van der Waals surface area contributed by atoms with Crippen LogP contribution in [0.3, 0.4) is 0 Å². The number of nitrogens with one attached hydrogen (secondary N) is 1. The summed E-state index contributed by atoms with van der Waals surface area (Å²) in [5.41, 5.74) is 0.963. The highest BCUT2D eigenvalue weighted by Crippen LogP contribution is 2.27. The fourth-order valence-corrected chi connectivity index (χ4v) is 3.71. The molecule has 3 aromatic rings. The number of nitrogens with zero attached hydrogens (tertiary/aromatic N) is 2. The van der Waals surface area contributed by atoms with Crippen molar-refractivity contribution in [2.24, 2.45) is 0 Å². The van der Waals surface area contributed by atoms with E-state index in [-0.39, 0.29) is 46.4 Å². The zero-order valence-corrected chi connectivity index (χ0v) is 15.0. The number of hydrogen-bond acceptors (Lipinski definition) is 6. The van der Waals surface area contributed by atoms with Gasteiger partial charge in [0.2, 0.25) is 11.8 Å². The molecule has 0 saturated carbocycles. The molecule has 2 aromatic heterocycles. The summed E-state index contributed by atoms with van der Waals surface area (Å²) in [6.07, 6.45) is 0.0284. The Hall–Kier alpha value is -3.18. The maximum absolute atomic E-state index is 12.2. The van der Waals surface area contributed by atoms with Gasteiger partial charge < -0.3 is 4.42 Å². The lowest BCUT2D eigenvalue weighted by Gasteiger charge is -2.04. The SMILES string of the molecule is CC(=O)c1c(C)oc(NC(=O)CCn2c(=O)sc3ccccc32)c1C#N. The van der Waals surface area contributed by atoms with Crippen LogP contribution in [0.4, 0.5) is 5.88 Å². The number of benzene rings is 1.